The number of rotatable bonds is 11. The third kappa shape index (κ3) is 6.49. The van der Waals surface area contributed by atoms with Gasteiger partial charge in [-0.3, -0.25) is 0 Å². The number of hydrogen-bond acceptors (Lipinski definition) is 1. The molecule has 0 aromatic heterocycles. The van der Waals surface area contributed by atoms with Crippen molar-refractivity contribution in [2.24, 2.45) is 5.92 Å². The molecule has 0 heterocycles. The summed E-state index contributed by atoms with van der Waals surface area (Å²) in [5.41, 5.74) is 6.76. The van der Waals surface area contributed by atoms with Crippen LogP contribution in [0.2, 0.25) is 0 Å². The Balaban J connectivity index is 2.14. The van der Waals surface area contributed by atoms with Gasteiger partial charge in [0.1, 0.15) is 0 Å². The minimum atomic E-state index is 0.267. The second-order valence-electron chi connectivity index (χ2n) is 8.78. The van der Waals surface area contributed by atoms with Gasteiger partial charge in [0, 0.05) is 11.4 Å². The van der Waals surface area contributed by atoms with Gasteiger partial charge in [-0.25, -0.2) is 0 Å². The van der Waals surface area contributed by atoms with E-state index in [1.54, 1.807) is 0 Å². The minimum Gasteiger partial charge on any atom is -0.359 e. The van der Waals surface area contributed by atoms with E-state index in [0.717, 1.165) is 24.4 Å². The SMILES string of the molecule is CC/C=C(\CC)Nc1ccc(-c2ccc(C(C)(CC)CC(C)CCC)cc2)cc1. The number of nitrogens with one attached hydrogen (secondary N) is 1. The average molecular weight is 392 g/mol. The molecule has 158 valence electrons. The fraction of sp³-hybridized carbons (Fsp3) is 0.500. The second kappa shape index (κ2) is 11.2. The zero-order valence-electron chi connectivity index (χ0n) is 19.5. The predicted octanol–water partition coefficient (Wildman–Crippen LogP) is 8.96. The van der Waals surface area contributed by atoms with Crippen molar-refractivity contribution in [3.8, 4) is 11.1 Å². The maximum Gasteiger partial charge on any atom is 0.0382 e. The van der Waals surface area contributed by atoms with E-state index in [1.165, 1.54) is 48.1 Å². The Morgan fingerprint density at radius 1 is 0.931 bits per heavy atom. The van der Waals surface area contributed by atoms with E-state index in [0.29, 0.717) is 0 Å². The lowest BCUT2D eigenvalue weighted by Gasteiger charge is -2.32. The molecular weight excluding hydrogens is 350 g/mol. The molecule has 0 radical (unpaired) electrons. The zero-order chi connectivity index (χ0) is 21.3. The Hall–Kier alpha value is -2.02. The van der Waals surface area contributed by atoms with Crippen molar-refractivity contribution >= 4 is 5.69 Å². The molecule has 0 aliphatic rings. The highest BCUT2D eigenvalue weighted by Gasteiger charge is 2.26. The molecule has 29 heavy (non-hydrogen) atoms. The molecule has 1 heteroatoms. The summed E-state index contributed by atoms with van der Waals surface area (Å²) in [5, 5.41) is 3.53. The standard InChI is InChI=1S/C28H41N/c1-7-11-22(5)21-28(6,10-4)25-17-13-23(14-18-25)24-15-19-27(20-16-24)29-26(9-3)12-8-2/h12-20,22,29H,7-11,21H2,1-6H3/b26-12+. The maximum atomic E-state index is 3.53. The number of allylic oxidation sites excluding steroid dienone is 2. The molecule has 0 aliphatic carbocycles. The van der Waals surface area contributed by atoms with Gasteiger partial charge in [-0.05, 0) is 65.8 Å². The van der Waals surface area contributed by atoms with Crippen LogP contribution in [0.3, 0.4) is 0 Å². The lowest BCUT2D eigenvalue weighted by atomic mass is 9.73. The first kappa shape index (κ1) is 23.3. The number of anilines is 1. The smallest absolute Gasteiger partial charge is 0.0382 e. The summed E-state index contributed by atoms with van der Waals surface area (Å²) in [6, 6.07) is 18.1. The average Bonchev–Trinajstić information content (AvgIpc) is 2.74. The molecule has 0 fully saturated rings. The molecule has 0 bridgehead atoms. The summed E-state index contributed by atoms with van der Waals surface area (Å²) in [4.78, 5) is 0. The van der Waals surface area contributed by atoms with Gasteiger partial charge in [-0.1, -0.05) is 96.9 Å². The minimum absolute atomic E-state index is 0.267. The van der Waals surface area contributed by atoms with Crippen LogP contribution in [-0.4, -0.2) is 0 Å². The largest absolute Gasteiger partial charge is 0.359 e. The summed E-state index contributed by atoms with van der Waals surface area (Å²) in [7, 11) is 0. The molecule has 2 unspecified atom stereocenters. The quantitative estimate of drug-likeness (QED) is 0.403. The van der Waals surface area contributed by atoms with Crippen LogP contribution >= 0.6 is 0 Å². The zero-order valence-corrected chi connectivity index (χ0v) is 19.5. The number of hydrogen-bond donors (Lipinski definition) is 1. The third-order valence-corrected chi connectivity index (χ3v) is 6.30. The molecule has 1 N–H and O–H groups in total. The highest BCUT2D eigenvalue weighted by molar-refractivity contribution is 5.67. The van der Waals surface area contributed by atoms with Crippen LogP contribution < -0.4 is 5.32 Å². The topological polar surface area (TPSA) is 12.0 Å². The Morgan fingerprint density at radius 2 is 1.52 bits per heavy atom. The van der Waals surface area contributed by atoms with Gasteiger partial charge in [0.25, 0.3) is 0 Å². The molecule has 0 saturated heterocycles. The van der Waals surface area contributed by atoms with Gasteiger partial charge in [-0.15, -0.1) is 0 Å². The summed E-state index contributed by atoms with van der Waals surface area (Å²) in [6.07, 6.45) is 9.41. The highest BCUT2D eigenvalue weighted by atomic mass is 14.9. The molecule has 2 rings (SSSR count). The lowest BCUT2D eigenvalue weighted by molar-refractivity contribution is 0.328. The summed E-state index contributed by atoms with van der Waals surface area (Å²) in [6.45, 7) is 13.8. The van der Waals surface area contributed by atoms with Crippen molar-refractivity contribution in [2.45, 2.75) is 85.5 Å². The molecular formula is C28H41N. The summed E-state index contributed by atoms with van der Waals surface area (Å²) < 4.78 is 0. The summed E-state index contributed by atoms with van der Waals surface area (Å²) >= 11 is 0. The molecule has 0 spiro atoms. The predicted molar refractivity (Wildman–Crippen MR) is 130 cm³/mol. The molecule has 2 aromatic rings. The van der Waals surface area contributed by atoms with Gasteiger partial charge < -0.3 is 5.32 Å². The third-order valence-electron chi connectivity index (χ3n) is 6.30. The van der Waals surface area contributed by atoms with Gasteiger partial charge in [0.15, 0.2) is 0 Å². The number of benzene rings is 2. The highest BCUT2D eigenvalue weighted by Crippen LogP contribution is 2.36. The van der Waals surface area contributed by atoms with Gasteiger partial charge >= 0.3 is 0 Å². The second-order valence-corrected chi connectivity index (χ2v) is 8.78. The first-order valence-electron chi connectivity index (χ1n) is 11.6. The van der Waals surface area contributed by atoms with Crippen LogP contribution in [0.4, 0.5) is 5.69 Å². The Kier molecular flexibility index (Phi) is 9.01. The van der Waals surface area contributed by atoms with Crippen molar-refractivity contribution in [2.75, 3.05) is 5.32 Å². The van der Waals surface area contributed by atoms with Gasteiger partial charge in [0.05, 0.1) is 0 Å². The fourth-order valence-electron chi connectivity index (χ4n) is 4.36. The van der Waals surface area contributed by atoms with E-state index >= 15 is 0 Å². The first-order chi connectivity index (χ1) is 14.0. The van der Waals surface area contributed by atoms with Crippen LogP contribution in [0.25, 0.3) is 11.1 Å². The van der Waals surface area contributed by atoms with Crippen LogP contribution in [0.1, 0.15) is 85.6 Å². The van der Waals surface area contributed by atoms with Crippen molar-refractivity contribution in [3.05, 3.63) is 65.9 Å². The molecule has 2 atom stereocenters. The molecule has 0 saturated carbocycles. The van der Waals surface area contributed by atoms with E-state index in [9.17, 15) is 0 Å². The summed E-state index contributed by atoms with van der Waals surface area (Å²) in [5.74, 6) is 0.777. The maximum absolute atomic E-state index is 3.53. The monoisotopic (exact) mass is 391 g/mol. The van der Waals surface area contributed by atoms with E-state index in [2.05, 4.69) is 101 Å². The Morgan fingerprint density at radius 3 is 2.00 bits per heavy atom. The van der Waals surface area contributed by atoms with E-state index in [4.69, 9.17) is 0 Å². The van der Waals surface area contributed by atoms with E-state index in [1.807, 2.05) is 0 Å². The van der Waals surface area contributed by atoms with Crippen LogP contribution in [0.15, 0.2) is 60.3 Å². The van der Waals surface area contributed by atoms with Crippen LogP contribution in [-0.2, 0) is 5.41 Å². The molecule has 0 aliphatic heterocycles. The van der Waals surface area contributed by atoms with Gasteiger partial charge in [-0.2, -0.15) is 0 Å². The Bertz CT molecular complexity index is 754. The lowest BCUT2D eigenvalue weighted by Crippen LogP contribution is -2.24. The van der Waals surface area contributed by atoms with E-state index < -0.39 is 0 Å². The first-order valence-corrected chi connectivity index (χ1v) is 11.6. The molecule has 0 amide bonds. The molecule has 1 nitrogen and oxygen atoms in total. The van der Waals surface area contributed by atoms with Crippen LogP contribution in [0.5, 0.6) is 0 Å². The van der Waals surface area contributed by atoms with Crippen molar-refractivity contribution in [1.29, 1.82) is 0 Å². The van der Waals surface area contributed by atoms with Crippen molar-refractivity contribution in [1.82, 2.24) is 0 Å². The van der Waals surface area contributed by atoms with Crippen molar-refractivity contribution in [3.63, 3.8) is 0 Å². The Labute approximate surface area is 179 Å². The van der Waals surface area contributed by atoms with Gasteiger partial charge in [0.2, 0.25) is 0 Å². The van der Waals surface area contributed by atoms with Crippen molar-refractivity contribution < 1.29 is 0 Å². The normalized spacial score (nSPS) is 15.0. The molecule has 2 aromatic carbocycles. The van der Waals surface area contributed by atoms with E-state index in [-0.39, 0.29) is 5.41 Å². The van der Waals surface area contributed by atoms with Crippen LogP contribution in [0, 0.1) is 5.92 Å². The fourth-order valence-corrected chi connectivity index (χ4v) is 4.36.